The minimum atomic E-state index is -0.563. The van der Waals surface area contributed by atoms with E-state index >= 15 is 0 Å². The first kappa shape index (κ1) is 20.8. The molecule has 1 aliphatic carbocycles. The van der Waals surface area contributed by atoms with Crippen molar-refractivity contribution in [3.63, 3.8) is 0 Å². The maximum absolute atomic E-state index is 13.4. The van der Waals surface area contributed by atoms with Gasteiger partial charge < -0.3 is 24.4 Å². The Kier molecular flexibility index (Phi) is 5.65. The summed E-state index contributed by atoms with van der Waals surface area (Å²) in [6.07, 6.45) is 4.98. The largest absolute Gasteiger partial charge is 0.492 e. The molecule has 1 N–H and O–H groups in total. The number of rotatable bonds is 0. The Balaban J connectivity index is 1.43. The Hall–Kier alpha value is -2.12. The third-order valence-corrected chi connectivity index (χ3v) is 7.51. The zero-order valence-electron chi connectivity index (χ0n) is 18.2. The van der Waals surface area contributed by atoms with Crippen LogP contribution in [0.2, 0.25) is 0 Å². The van der Waals surface area contributed by atoms with Gasteiger partial charge in [-0.25, -0.2) is 0 Å². The van der Waals surface area contributed by atoms with Gasteiger partial charge in [-0.1, -0.05) is 25.1 Å². The van der Waals surface area contributed by atoms with E-state index in [1.807, 2.05) is 24.0 Å². The molecule has 1 aromatic carbocycles. The number of hydrogen-bond donors (Lipinski definition) is 1. The number of amides is 2. The normalized spacial score (nSPS) is 36.4. The lowest BCUT2D eigenvalue weighted by Crippen LogP contribution is -2.65. The predicted octanol–water partition coefficient (Wildman–Crippen LogP) is 2.24. The summed E-state index contributed by atoms with van der Waals surface area (Å²) in [5.74, 6) is 1.00. The molecule has 1 saturated carbocycles. The highest BCUT2D eigenvalue weighted by atomic mass is 16.5. The van der Waals surface area contributed by atoms with E-state index in [4.69, 9.17) is 14.2 Å². The standard InChI is InChI=1S/C24H32N2O5/c1-16-12-31-20-5-3-2-4-19(20)17-6-8-18(9-7-17)30-13-21-24(10-11-26(21)23(16)28)15-29-14-22(27)25-24/h2-5,16-18,21H,6-15H2,1H3,(H,25,27)/t16-,17?,18?,21+,24-/m1/s1. The van der Waals surface area contributed by atoms with Crippen molar-refractivity contribution in [2.75, 3.05) is 33.0 Å². The highest BCUT2D eigenvalue weighted by molar-refractivity contribution is 5.81. The average Bonchev–Trinajstić information content (AvgIpc) is 3.12. The van der Waals surface area contributed by atoms with Gasteiger partial charge in [0.1, 0.15) is 12.4 Å². The lowest BCUT2D eigenvalue weighted by atomic mass is 9.82. The Morgan fingerprint density at radius 2 is 1.90 bits per heavy atom. The van der Waals surface area contributed by atoms with Gasteiger partial charge in [-0.05, 0) is 49.7 Å². The minimum Gasteiger partial charge on any atom is -0.492 e. The molecule has 0 unspecified atom stereocenters. The van der Waals surface area contributed by atoms with Crippen LogP contribution in [-0.4, -0.2) is 67.4 Å². The molecule has 4 aliphatic heterocycles. The zero-order valence-corrected chi connectivity index (χ0v) is 18.2. The Morgan fingerprint density at radius 1 is 1.10 bits per heavy atom. The Labute approximate surface area is 183 Å². The van der Waals surface area contributed by atoms with E-state index in [1.165, 1.54) is 5.56 Å². The van der Waals surface area contributed by atoms with Crippen molar-refractivity contribution >= 4 is 11.8 Å². The molecule has 0 aromatic heterocycles. The van der Waals surface area contributed by atoms with Crippen LogP contribution < -0.4 is 10.1 Å². The monoisotopic (exact) mass is 428 g/mol. The van der Waals surface area contributed by atoms with Gasteiger partial charge in [0, 0.05) is 6.54 Å². The molecule has 5 aliphatic rings. The second kappa shape index (κ2) is 8.43. The third-order valence-electron chi connectivity index (χ3n) is 7.51. The van der Waals surface area contributed by atoms with Gasteiger partial charge in [0.15, 0.2) is 0 Å². The van der Waals surface area contributed by atoms with Crippen LogP contribution in [0.4, 0.5) is 0 Å². The molecule has 31 heavy (non-hydrogen) atoms. The van der Waals surface area contributed by atoms with Crippen molar-refractivity contribution in [2.45, 2.75) is 62.6 Å². The highest BCUT2D eigenvalue weighted by Gasteiger charge is 2.52. The van der Waals surface area contributed by atoms with E-state index in [1.54, 1.807) is 0 Å². The molecule has 2 saturated heterocycles. The summed E-state index contributed by atoms with van der Waals surface area (Å²) in [6, 6.07) is 8.02. The van der Waals surface area contributed by atoms with Crippen molar-refractivity contribution in [2.24, 2.45) is 5.92 Å². The highest BCUT2D eigenvalue weighted by Crippen LogP contribution is 2.40. The van der Waals surface area contributed by atoms with Crippen molar-refractivity contribution in [3.8, 4) is 5.75 Å². The van der Waals surface area contributed by atoms with E-state index in [0.29, 0.717) is 38.7 Å². The summed E-state index contributed by atoms with van der Waals surface area (Å²) in [7, 11) is 0. The first-order valence-corrected chi connectivity index (χ1v) is 11.6. The molecule has 3 atom stereocenters. The van der Waals surface area contributed by atoms with Crippen LogP contribution in [0.1, 0.15) is 50.5 Å². The van der Waals surface area contributed by atoms with Gasteiger partial charge in [-0.2, -0.15) is 0 Å². The summed E-state index contributed by atoms with van der Waals surface area (Å²) in [6.45, 7) is 3.77. The van der Waals surface area contributed by atoms with Gasteiger partial charge in [-0.15, -0.1) is 0 Å². The summed E-state index contributed by atoms with van der Waals surface area (Å²) in [5, 5.41) is 3.15. The molecule has 3 fully saturated rings. The van der Waals surface area contributed by atoms with Crippen LogP contribution in [0.5, 0.6) is 5.75 Å². The minimum absolute atomic E-state index is 0.0463. The second-order valence-corrected chi connectivity index (χ2v) is 9.55. The van der Waals surface area contributed by atoms with Crippen LogP contribution in [0.25, 0.3) is 0 Å². The maximum Gasteiger partial charge on any atom is 0.246 e. The second-order valence-electron chi connectivity index (χ2n) is 9.55. The van der Waals surface area contributed by atoms with Gasteiger partial charge >= 0.3 is 0 Å². The summed E-state index contributed by atoms with van der Waals surface area (Å²) in [4.78, 5) is 27.5. The topological polar surface area (TPSA) is 77.1 Å². The molecule has 7 heteroatoms. The third kappa shape index (κ3) is 3.94. The van der Waals surface area contributed by atoms with Crippen LogP contribution in [0.3, 0.4) is 0 Å². The number of fused-ring (bicyclic) bond motifs is 6. The molecule has 7 nitrogen and oxygen atoms in total. The molecule has 1 spiro atoms. The molecular formula is C24H32N2O5. The number of ether oxygens (including phenoxy) is 3. The van der Waals surface area contributed by atoms with Crippen molar-refractivity contribution < 1.29 is 23.8 Å². The van der Waals surface area contributed by atoms with Crippen LogP contribution >= 0.6 is 0 Å². The molecule has 2 bridgehead atoms. The number of carbonyl (C=O) groups excluding carboxylic acids is 2. The number of nitrogens with one attached hydrogen (secondary N) is 1. The van der Waals surface area contributed by atoms with Crippen LogP contribution in [0.15, 0.2) is 24.3 Å². The molecule has 0 radical (unpaired) electrons. The molecule has 2 amide bonds. The maximum atomic E-state index is 13.4. The van der Waals surface area contributed by atoms with Crippen molar-refractivity contribution in [1.82, 2.24) is 10.2 Å². The molecule has 1 aromatic rings. The number of nitrogens with zero attached hydrogens (tertiary/aromatic N) is 1. The molecule has 4 heterocycles. The van der Waals surface area contributed by atoms with Crippen LogP contribution in [0, 0.1) is 5.92 Å². The lowest BCUT2D eigenvalue weighted by Gasteiger charge is -2.42. The first-order valence-electron chi connectivity index (χ1n) is 11.6. The fourth-order valence-corrected chi connectivity index (χ4v) is 5.73. The van der Waals surface area contributed by atoms with Crippen molar-refractivity contribution in [3.05, 3.63) is 29.8 Å². The predicted molar refractivity (Wildman–Crippen MR) is 114 cm³/mol. The SMILES string of the molecule is C[C@@H]1COc2ccccc2C2CCC(CC2)OC[C@@H]2N(CC[C@@]23COCC(=O)N3)C1=O. The van der Waals surface area contributed by atoms with Crippen molar-refractivity contribution in [1.29, 1.82) is 0 Å². The Bertz CT molecular complexity index is 837. The average molecular weight is 429 g/mol. The fraction of sp³-hybridized carbons (Fsp3) is 0.667. The van der Waals surface area contributed by atoms with Gasteiger partial charge in [0.2, 0.25) is 11.8 Å². The number of carbonyl (C=O) groups is 2. The van der Waals surface area contributed by atoms with E-state index in [2.05, 4.69) is 17.4 Å². The van der Waals surface area contributed by atoms with Gasteiger partial charge in [0.05, 0.1) is 43.4 Å². The molecule has 168 valence electrons. The first-order chi connectivity index (χ1) is 15.1. The number of hydrogen-bond acceptors (Lipinski definition) is 5. The van der Waals surface area contributed by atoms with E-state index in [0.717, 1.165) is 31.4 Å². The smallest absolute Gasteiger partial charge is 0.246 e. The van der Waals surface area contributed by atoms with E-state index < -0.39 is 5.54 Å². The van der Waals surface area contributed by atoms with Crippen LogP contribution in [-0.2, 0) is 19.1 Å². The quantitative estimate of drug-likeness (QED) is 0.686. The number of para-hydroxylation sites is 1. The zero-order chi connectivity index (χ0) is 21.4. The molecule has 6 rings (SSSR count). The van der Waals surface area contributed by atoms with Gasteiger partial charge in [-0.3, -0.25) is 9.59 Å². The fourth-order valence-electron chi connectivity index (χ4n) is 5.73. The summed E-state index contributed by atoms with van der Waals surface area (Å²) >= 11 is 0. The van der Waals surface area contributed by atoms with Gasteiger partial charge in [0.25, 0.3) is 0 Å². The van der Waals surface area contributed by atoms with E-state index in [-0.39, 0.29) is 36.5 Å². The Morgan fingerprint density at radius 3 is 2.71 bits per heavy atom. The number of benzene rings is 1. The summed E-state index contributed by atoms with van der Waals surface area (Å²) < 4.78 is 18.2. The van der Waals surface area contributed by atoms with E-state index in [9.17, 15) is 9.59 Å². The summed E-state index contributed by atoms with van der Waals surface area (Å²) in [5.41, 5.74) is 0.685. The number of morpholine rings is 1. The lowest BCUT2D eigenvalue weighted by molar-refractivity contribution is -0.145. The molecular weight excluding hydrogens is 396 g/mol.